The van der Waals surface area contributed by atoms with Gasteiger partial charge in [-0.2, -0.15) is 0 Å². The zero-order chi connectivity index (χ0) is 18.8. The normalized spacial score (nSPS) is 13.1. The monoisotopic (exact) mass is 396 g/mol. The summed E-state index contributed by atoms with van der Waals surface area (Å²) in [6, 6.07) is 35.7. The van der Waals surface area contributed by atoms with Crippen LogP contribution in [0.2, 0.25) is 0 Å². The highest BCUT2D eigenvalue weighted by molar-refractivity contribution is 7.98. The van der Waals surface area contributed by atoms with E-state index in [-0.39, 0.29) is 0 Å². The highest BCUT2D eigenvalue weighted by Gasteiger charge is 2.08. The Kier molecular flexibility index (Phi) is 4.99. The van der Waals surface area contributed by atoms with Crippen LogP contribution in [-0.4, -0.2) is 0 Å². The zero-order valence-corrected chi connectivity index (χ0v) is 17.1. The molecule has 0 nitrogen and oxygen atoms in total. The van der Waals surface area contributed by atoms with Crippen molar-refractivity contribution in [2.24, 2.45) is 0 Å². The highest BCUT2D eigenvalue weighted by atomic mass is 32.2. The van der Waals surface area contributed by atoms with Crippen LogP contribution >= 0.6 is 23.5 Å². The lowest BCUT2D eigenvalue weighted by atomic mass is 9.95. The predicted octanol–water partition coefficient (Wildman–Crippen LogP) is 7.92. The SMILES string of the molecule is c1cc2cc(c1)CSc1ccc(cc1)-c1ccccc1-c1ccc(cc1)SC2. The summed E-state index contributed by atoms with van der Waals surface area (Å²) in [5.74, 6) is 2.01. The predicted molar refractivity (Wildman–Crippen MR) is 123 cm³/mol. The molecular formula is C26H20S2. The van der Waals surface area contributed by atoms with Crippen molar-refractivity contribution >= 4 is 23.5 Å². The minimum absolute atomic E-state index is 1.00. The molecule has 6 bridgehead atoms. The van der Waals surface area contributed by atoms with E-state index >= 15 is 0 Å². The quantitative estimate of drug-likeness (QED) is 0.296. The molecule has 0 N–H and O–H groups in total. The smallest absolute Gasteiger partial charge is 0.0232 e. The fraction of sp³-hybridized carbons (Fsp3) is 0.0769. The van der Waals surface area contributed by atoms with Gasteiger partial charge in [-0.05, 0) is 57.6 Å². The number of thioether (sulfide) groups is 2. The van der Waals surface area contributed by atoms with E-state index in [1.54, 1.807) is 0 Å². The van der Waals surface area contributed by atoms with Gasteiger partial charge in [0.15, 0.2) is 0 Å². The van der Waals surface area contributed by atoms with Crippen molar-refractivity contribution in [3.63, 3.8) is 0 Å². The molecular weight excluding hydrogens is 376 g/mol. The Labute approximate surface area is 175 Å². The van der Waals surface area contributed by atoms with Gasteiger partial charge in [-0.25, -0.2) is 0 Å². The molecule has 0 spiro atoms. The summed E-state index contributed by atoms with van der Waals surface area (Å²) in [4.78, 5) is 2.63. The second-order valence-corrected chi connectivity index (χ2v) is 9.09. The van der Waals surface area contributed by atoms with Crippen LogP contribution in [0.1, 0.15) is 11.1 Å². The van der Waals surface area contributed by atoms with Gasteiger partial charge in [-0.1, -0.05) is 72.8 Å². The number of hydrogen-bond acceptors (Lipinski definition) is 2. The maximum atomic E-state index is 2.34. The molecule has 0 atom stereocenters. The molecule has 136 valence electrons. The molecule has 3 aliphatic heterocycles. The van der Waals surface area contributed by atoms with Crippen LogP contribution < -0.4 is 0 Å². The molecule has 0 aliphatic carbocycles. The minimum Gasteiger partial charge on any atom is -0.121 e. The molecule has 0 saturated heterocycles. The van der Waals surface area contributed by atoms with Crippen molar-refractivity contribution in [3.8, 4) is 22.3 Å². The molecule has 0 aromatic heterocycles. The van der Waals surface area contributed by atoms with E-state index in [0.29, 0.717) is 0 Å². The lowest BCUT2D eigenvalue weighted by molar-refractivity contribution is 1.31. The number of benzene rings is 4. The molecule has 2 heteroatoms. The van der Waals surface area contributed by atoms with Gasteiger partial charge >= 0.3 is 0 Å². The number of fused-ring (bicyclic) bond motifs is 2. The van der Waals surface area contributed by atoms with Gasteiger partial charge in [0.25, 0.3) is 0 Å². The molecule has 3 heterocycles. The molecule has 0 radical (unpaired) electrons. The Morgan fingerprint density at radius 1 is 0.464 bits per heavy atom. The maximum absolute atomic E-state index is 2.34. The fourth-order valence-electron chi connectivity index (χ4n) is 3.59. The van der Waals surface area contributed by atoms with E-state index in [0.717, 1.165) is 11.5 Å². The van der Waals surface area contributed by atoms with Crippen molar-refractivity contribution in [3.05, 3.63) is 108 Å². The molecule has 0 unspecified atom stereocenters. The lowest BCUT2D eigenvalue weighted by Gasteiger charge is -2.11. The molecule has 3 aliphatic rings. The molecule has 0 saturated carbocycles. The Bertz CT molecular complexity index is 1010. The van der Waals surface area contributed by atoms with Gasteiger partial charge < -0.3 is 0 Å². The van der Waals surface area contributed by atoms with Gasteiger partial charge in [-0.3, -0.25) is 0 Å². The fourth-order valence-corrected chi connectivity index (χ4v) is 5.27. The second kappa shape index (κ2) is 7.90. The lowest BCUT2D eigenvalue weighted by Crippen LogP contribution is -1.86. The Morgan fingerprint density at radius 3 is 1.39 bits per heavy atom. The zero-order valence-electron chi connectivity index (χ0n) is 15.5. The summed E-state index contributed by atoms with van der Waals surface area (Å²) in [6.45, 7) is 0. The third-order valence-electron chi connectivity index (χ3n) is 5.06. The first-order valence-corrected chi connectivity index (χ1v) is 11.5. The van der Waals surface area contributed by atoms with Crippen LogP contribution in [-0.2, 0) is 11.5 Å². The first kappa shape index (κ1) is 17.7. The van der Waals surface area contributed by atoms with Crippen molar-refractivity contribution in [1.29, 1.82) is 0 Å². The molecule has 0 amide bonds. The van der Waals surface area contributed by atoms with Crippen LogP contribution in [0.4, 0.5) is 0 Å². The van der Waals surface area contributed by atoms with Gasteiger partial charge in [0.05, 0.1) is 0 Å². The topological polar surface area (TPSA) is 0 Å². The van der Waals surface area contributed by atoms with Gasteiger partial charge in [0.1, 0.15) is 0 Å². The summed E-state index contributed by atoms with van der Waals surface area (Å²) in [6.07, 6.45) is 0. The molecule has 0 fully saturated rings. The maximum Gasteiger partial charge on any atom is 0.0232 e. The van der Waals surface area contributed by atoms with Crippen LogP contribution in [0.15, 0.2) is 107 Å². The summed E-state index contributed by atoms with van der Waals surface area (Å²) in [5, 5.41) is 0. The van der Waals surface area contributed by atoms with Crippen LogP contribution in [0.3, 0.4) is 0 Å². The third-order valence-corrected chi connectivity index (χ3v) is 7.23. The molecule has 4 aromatic carbocycles. The van der Waals surface area contributed by atoms with Gasteiger partial charge in [0, 0.05) is 21.3 Å². The average molecular weight is 397 g/mol. The summed E-state index contributed by atoms with van der Waals surface area (Å²) >= 11 is 3.81. The Hall–Kier alpha value is -2.42. The second-order valence-electron chi connectivity index (χ2n) is 6.99. The van der Waals surface area contributed by atoms with E-state index in [2.05, 4.69) is 97.1 Å². The minimum atomic E-state index is 1.00. The van der Waals surface area contributed by atoms with E-state index < -0.39 is 0 Å². The van der Waals surface area contributed by atoms with Crippen molar-refractivity contribution in [2.45, 2.75) is 21.3 Å². The Balaban J connectivity index is 1.61. The van der Waals surface area contributed by atoms with Crippen molar-refractivity contribution in [1.82, 2.24) is 0 Å². The third kappa shape index (κ3) is 3.76. The Morgan fingerprint density at radius 2 is 0.929 bits per heavy atom. The summed E-state index contributed by atoms with van der Waals surface area (Å²) < 4.78 is 0. The number of hydrogen-bond donors (Lipinski definition) is 0. The number of rotatable bonds is 0. The van der Waals surface area contributed by atoms with E-state index in [1.165, 1.54) is 43.2 Å². The largest absolute Gasteiger partial charge is 0.121 e. The summed E-state index contributed by atoms with van der Waals surface area (Å²) in [7, 11) is 0. The molecule has 28 heavy (non-hydrogen) atoms. The summed E-state index contributed by atoms with van der Waals surface area (Å²) in [5.41, 5.74) is 7.88. The van der Waals surface area contributed by atoms with Crippen molar-refractivity contribution < 1.29 is 0 Å². The first-order valence-electron chi connectivity index (χ1n) is 9.48. The van der Waals surface area contributed by atoms with E-state index in [9.17, 15) is 0 Å². The van der Waals surface area contributed by atoms with Crippen LogP contribution in [0.25, 0.3) is 22.3 Å². The molecule has 4 aromatic rings. The van der Waals surface area contributed by atoms with Crippen LogP contribution in [0.5, 0.6) is 0 Å². The van der Waals surface area contributed by atoms with Crippen molar-refractivity contribution in [2.75, 3.05) is 0 Å². The van der Waals surface area contributed by atoms with Crippen LogP contribution in [0, 0.1) is 0 Å². The van der Waals surface area contributed by atoms with E-state index in [1.807, 2.05) is 23.5 Å². The van der Waals surface area contributed by atoms with Gasteiger partial charge in [-0.15, -0.1) is 23.5 Å². The first-order chi connectivity index (χ1) is 13.8. The van der Waals surface area contributed by atoms with E-state index in [4.69, 9.17) is 0 Å². The average Bonchev–Trinajstić information content (AvgIpc) is 2.77. The van der Waals surface area contributed by atoms with Gasteiger partial charge in [0.2, 0.25) is 0 Å². The molecule has 7 rings (SSSR count). The highest BCUT2D eigenvalue weighted by Crippen LogP contribution is 2.35. The standard InChI is InChI=1S/C26H20S2/c1-2-7-26-22-10-14-24(15-11-22)28-18-20-5-3-4-19(16-20)17-27-23-12-8-21(9-13-23)25(26)6-1/h1-16H,17-18H2.